The lowest BCUT2D eigenvalue weighted by atomic mass is 9.91. The van der Waals surface area contributed by atoms with Crippen LogP contribution in [-0.4, -0.2) is 23.0 Å². The maximum absolute atomic E-state index is 6.29. The lowest BCUT2D eigenvalue weighted by molar-refractivity contribution is 0.137. The van der Waals surface area contributed by atoms with Crippen molar-refractivity contribution >= 4 is 34.8 Å². The molecular formula is C20H24Cl3NO2. The van der Waals surface area contributed by atoms with E-state index in [9.17, 15) is 0 Å². The van der Waals surface area contributed by atoms with Gasteiger partial charge in [0.1, 0.15) is 12.4 Å². The van der Waals surface area contributed by atoms with Crippen molar-refractivity contribution in [2.24, 2.45) is 5.73 Å². The Kier molecular flexibility index (Phi) is 8.52. The lowest BCUT2D eigenvalue weighted by Crippen LogP contribution is -2.37. The van der Waals surface area contributed by atoms with E-state index in [0.717, 1.165) is 16.9 Å². The monoisotopic (exact) mass is 415 g/mol. The predicted octanol–water partition coefficient (Wildman–Crippen LogP) is 5.47. The van der Waals surface area contributed by atoms with Crippen molar-refractivity contribution < 1.29 is 9.47 Å². The summed E-state index contributed by atoms with van der Waals surface area (Å²) in [5.74, 6) is 0.319. The number of rotatable bonds is 9. The Morgan fingerprint density at radius 2 is 1.65 bits per heavy atom. The molecule has 0 aliphatic carbocycles. The minimum absolute atomic E-state index is 0.329. The zero-order valence-corrected chi connectivity index (χ0v) is 17.0. The van der Waals surface area contributed by atoms with Crippen LogP contribution in [0.3, 0.4) is 0 Å². The van der Waals surface area contributed by atoms with Crippen molar-refractivity contribution in [2.45, 2.75) is 35.7 Å². The van der Waals surface area contributed by atoms with Gasteiger partial charge in [0.15, 0.2) is 3.79 Å². The lowest BCUT2D eigenvalue weighted by Gasteiger charge is -2.30. The first-order valence-corrected chi connectivity index (χ1v) is 9.72. The van der Waals surface area contributed by atoms with Gasteiger partial charge in [-0.15, -0.1) is 0 Å². The summed E-state index contributed by atoms with van der Waals surface area (Å²) < 4.78 is 9.67. The molecule has 2 unspecified atom stereocenters. The SMILES string of the molecule is CCOCCC(N)C(c1ccc(OCc2ccccc2)cc1)C(Cl)(Cl)Cl. The van der Waals surface area contributed by atoms with E-state index in [4.69, 9.17) is 50.0 Å². The summed E-state index contributed by atoms with van der Waals surface area (Å²) in [5.41, 5.74) is 8.25. The summed E-state index contributed by atoms with van der Waals surface area (Å²) in [4.78, 5) is 0. The Bertz CT molecular complexity index is 644. The van der Waals surface area contributed by atoms with Gasteiger partial charge in [0.2, 0.25) is 0 Å². The minimum Gasteiger partial charge on any atom is -0.489 e. The molecule has 142 valence electrons. The van der Waals surface area contributed by atoms with Crippen LogP contribution in [0.15, 0.2) is 54.6 Å². The average molecular weight is 417 g/mol. The number of hydrogen-bond donors (Lipinski definition) is 1. The third-order valence-corrected chi connectivity index (χ3v) is 4.77. The highest BCUT2D eigenvalue weighted by Crippen LogP contribution is 2.44. The Labute approximate surface area is 170 Å². The Hall–Kier alpha value is -0.970. The zero-order valence-electron chi connectivity index (χ0n) is 14.7. The van der Waals surface area contributed by atoms with Gasteiger partial charge < -0.3 is 15.2 Å². The van der Waals surface area contributed by atoms with Gasteiger partial charge in [0.25, 0.3) is 0 Å². The average Bonchev–Trinajstić information content (AvgIpc) is 2.61. The third-order valence-electron chi connectivity index (χ3n) is 4.07. The molecule has 0 saturated carbocycles. The molecule has 2 atom stereocenters. The maximum Gasteiger partial charge on any atom is 0.198 e. The fourth-order valence-corrected chi connectivity index (χ4v) is 3.59. The standard InChI is InChI=1S/C20H24Cl3NO2/c1-2-25-13-12-18(24)19(20(21,22)23)16-8-10-17(11-9-16)26-14-15-6-4-3-5-7-15/h3-11,18-19H,2,12-14,24H2,1H3. The molecule has 0 aliphatic rings. The number of nitrogens with two attached hydrogens (primary N) is 1. The van der Waals surface area contributed by atoms with Crippen molar-refractivity contribution in [3.05, 3.63) is 65.7 Å². The van der Waals surface area contributed by atoms with Crippen LogP contribution in [0.25, 0.3) is 0 Å². The van der Waals surface area contributed by atoms with Crippen molar-refractivity contribution in [3.63, 3.8) is 0 Å². The van der Waals surface area contributed by atoms with Crippen LogP contribution < -0.4 is 10.5 Å². The third kappa shape index (κ3) is 6.64. The normalized spacial score (nSPS) is 14.0. The van der Waals surface area contributed by atoms with E-state index in [-0.39, 0.29) is 6.04 Å². The summed E-state index contributed by atoms with van der Waals surface area (Å²) >= 11 is 18.6. The molecule has 3 nitrogen and oxygen atoms in total. The molecule has 0 fully saturated rings. The highest BCUT2D eigenvalue weighted by molar-refractivity contribution is 6.68. The van der Waals surface area contributed by atoms with E-state index in [1.807, 2.05) is 61.5 Å². The van der Waals surface area contributed by atoms with E-state index >= 15 is 0 Å². The fourth-order valence-electron chi connectivity index (χ4n) is 2.72. The van der Waals surface area contributed by atoms with Crippen molar-refractivity contribution in [1.82, 2.24) is 0 Å². The number of benzene rings is 2. The molecule has 0 heterocycles. The number of ether oxygens (including phenoxy) is 2. The molecule has 0 amide bonds. The largest absolute Gasteiger partial charge is 0.489 e. The predicted molar refractivity (Wildman–Crippen MR) is 109 cm³/mol. The molecule has 2 aromatic rings. The van der Waals surface area contributed by atoms with E-state index in [0.29, 0.717) is 26.2 Å². The first-order valence-electron chi connectivity index (χ1n) is 8.58. The molecule has 2 N–H and O–H groups in total. The number of halogens is 3. The summed E-state index contributed by atoms with van der Waals surface area (Å²) in [6.45, 7) is 3.61. The molecule has 0 radical (unpaired) electrons. The molecule has 2 rings (SSSR count). The Morgan fingerprint density at radius 1 is 1.00 bits per heavy atom. The molecular weight excluding hydrogens is 393 g/mol. The highest BCUT2D eigenvalue weighted by Gasteiger charge is 2.38. The minimum atomic E-state index is -1.50. The van der Waals surface area contributed by atoms with Crippen LogP contribution >= 0.6 is 34.8 Å². The first-order chi connectivity index (χ1) is 12.4. The fraction of sp³-hybridized carbons (Fsp3) is 0.400. The van der Waals surface area contributed by atoms with E-state index in [1.165, 1.54) is 0 Å². The molecule has 0 bridgehead atoms. The van der Waals surface area contributed by atoms with Crippen molar-refractivity contribution in [2.75, 3.05) is 13.2 Å². The smallest absolute Gasteiger partial charge is 0.198 e. The Balaban J connectivity index is 2.04. The van der Waals surface area contributed by atoms with Crippen LogP contribution in [-0.2, 0) is 11.3 Å². The molecule has 0 saturated heterocycles. The molecule has 0 spiro atoms. The van der Waals surface area contributed by atoms with Gasteiger partial charge in [-0.3, -0.25) is 0 Å². The van der Waals surface area contributed by atoms with Crippen molar-refractivity contribution in [1.29, 1.82) is 0 Å². The number of alkyl halides is 3. The van der Waals surface area contributed by atoms with Gasteiger partial charge in [0.05, 0.1) is 0 Å². The number of hydrogen-bond acceptors (Lipinski definition) is 3. The molecule has 0 aromatic heterocycles. The second kappa shape index (κ2) is 10.4. The van der Waals surface area contributed by atoms with Crippen LogP contribution in [0.1, 0.15) is 30.4 Å². The van der Waals surface area contributed by atoms with Gasteiger partial charge in [0, 0.05) is 25.2 Å². The summed E-state index contributed by atoms with van der Waals surface area (Å²) in [5, 5.41) is 0. The molecule has 2 aromatic carbocycles. The van der Waals surface area contributed by atoms with E-state index < -0.39 is 9.71 Å². The van der Waals surface area contributed by atoms with Gasteiger partial charge in [-0.25, -0.2) is 0 Å². The molecule has 0 aliphatic heterocycles. The van der Waals surface area contributed by atoms with Crippen LogP contribution in [0.5, 0.6) is 5.75 Å². The topological polar surface area (TPSA) is 44.5 Å². The quantitative estimate of drug-likeness (QED) is 0.435. The maximum atomic E-state index is 6.29. The van der Waals surface area contributed by atoms with Crippen LogP contribution in [0.4, 0.5) is 0 Å². The van der Waals surface area contributed by atoms with Gasteiger partial charge in [-0.2, -0.15) is 0 Å². The molecule has 26 heavy (non-hydrogen) atoms. The summed E-state index contributed by atoms with van der Waals surface area (Å²) in [7, 11) is 0. The van der Waals surface area contributed by atoms with Gasteiger partial charge >= 0.3 is 0 Å². The van der Waals surface area contributed by atoms with Gasteiger partial charge in [-0.1, -0.05) is 77.3 Å². The second-order valence-electron chi connectivity index (χ2n) is 6.01. The van der Waals surface area contributed by atoms with E-state index in [1.54, 1.807) is 0 Å². The van der Waals surface area contributed by atoms with Crippen LogP contribution in [0, 0.1) is 0 Å². The zero-order chi connectivity index (χ0) is 19.0. The Morgan fingerprint density at radius 3 is 2.23 bits per heavy atom. The van der Waals surface area contributed by atoms with Gasteiger partial charge in [-0.05, 0) is 36.6 Å². The van der Waals surface area contributed by atoms with E-state index in [2.05, 4.69) is 0 Å². The highest BCUT2D eigenvalue weighted by atomic mass is 35.6. The molecule has 6 heteroatoms. The first kappa shape index (κ1) is 21.3. The summed E-state index contributed by atoms with van der Waals surface area (Å²) in [6, 6.07) is 17.2. The summed E-state index contributed by atoms with van der Waals surface area (Å²) in [6.07, 6.45) is 0.610. The second-order valence-corrected chi connectivity index (χ2v) is 8.38. The van der Waals surface area contributed by atoms with Crippen molar-refractivity contribution in [3.8, 4) is 5.75 Å². The van der Waals surface area contributed by atoms with Crippen LogP contribution in [0.2, 0.25) is 0 Å².